The van der Waals surface area contributed by atoms with Crippen molar-refractivity contribution in [3.05, 3.63) is 35.9 Å². The molecule has 0 saturated carbocycles. The maximum absolute atomic E-state index is 13.1. The number of amides is 2. The smallest absolute Gasteiger partial charge is 0.254 e. The van der Waals surface area contributed by atoms with E-state index >= 15 is 0 Å². The van der Waals surface area contributed by atoms with E-state index in [2.05, 4.69) is 0 Å². The Morgan fingerprint density at radius 1 is 1.12 bits per heavy atom. The highest BCUT2D eigenvalue weighted by atomic mass is 16.5. The first kappa shape index (κ1) is 16.9. The Hall–Kier alpha value is -1.92. The molecule has 2 heterocycles. The van der Waals surface area contributed by atoms with E-state index in [0.717, 1.165) is 5.56 Å². The molecule has 2 amide bonds. The second kappa shape index (κ2) is 6.91. The Balaban J connectivity index is 1.86. The predicted molar refractivity (Wildman–Crippen MR) is 88.3 cm³/mol. The Labute approximate surface area is 142 Å². The molecule has 130 valence electrons. The lowest BCUT2D eigenvalue weighted by molar-refractivity contribution is -0.173. The molecular formula is C18H24N2O4. The largest absolute Gasteiger partial charge is 0.372 e. The van der Waals surface area contributed by atoms with Crippen LogP contribution in [0.1, 0.15) is 25.5 Å². The van der Waals surface area contributed by atoms with Crippen LogP contribution in [0.2, 0.25) is 0 Å². The molecule has 0 aromatic heterocycles. The summed E-state index contributed by atoms with van der Waals surface area (Å²) in [7, 11) is 1.73. The number of ether oxygens (including phenoxy) is 2. The Bertz CT molecular complexity index is 596. The summed E-state index contributed by atoms with van der Waals surface area (Å²) < 4.78 is 11.4. The van der Waals surface area contributed by atoms with Crippen molar-refractivity contribution in [2.24, 2.45) is 0 Å². The number of hydrogen-bond acceptors (Lipinski definition) is 4. The zero-order valence-electron chi connectivity index (χ0n) is 14.3. The minimum atomic E-state index is -0.687. The lowest BCUT2D eigenvalue weighted by Gasteiger charge is -2.42. The molecule has 0 radical (unpaired) electrons. The molecule has 2 fully saturated rings. The molecule has 1 aromatic carbocycles. The van der Waals surface area contributed by atoms with Gasteiger partial charge in [0.2, 0.25) is 5.91 Å². The summed E-state index contributed by atoms with van der Waals surface area (Å²) >= 11 is 0. The molecule has 0 spiro atoms. The van der Waals surface area contributed by atoms with Crippen LogP contribution in [0, 0.1) is 0 Å². The van der Waals surface area contributed by atoms with Crippen LogP contribution in [0.4, 0.5) is 0 Å². The predicted octanol–water partition coefficient (Wildman–Crippen LogP) is 1.22. The molecule has 6 heteroatoms. The average molecular weight is 332 g/mol. The summed E-state index contributed by atoms with van der Waals surface area (Å²) in [6.45, 7) is 4.94. The van der Waals surface area contributed by atoms with E-state index in [1.54, 1.807) is 16.8 Å². The van der Waals surface area contributed by atoms with Gasteiger partial charge in [0.05, 0.1) is 18.2 Å². The van der Waals surface area contributed by atoms with Crippen LogP contribution in [-0.4, -0.2) is 66.7 Å². The number of nitrogens with zero attached hydrogens (tertiary/aromatic N) is 2. The third kappa shape index (κ3) is 3.30. The lowest BCUT2D eigenvalue weighted by atomic mass is 9.97. The number of morpholine rings is 2. The summed E-state index contributed by atoms with van der Waals surface area (Å²) in [6.07, 6.45) is -0.695. The first-order valence-corrected chi connectivity index (χ1v) is 8.34. The zero-order chi connectivity index (χ0) is 17.3. The third-order valence-corrected chi connectivity index (χ3v) is 4.60. The second-order valence-electron chi connectivity index (χ2n) is 6.59. The third-order valence-electron chi connectivity index (χ3n) is 4.60. The molecule has 6 nitrogen and oxygen atoms in total. The van der Waals surface area contributed by atoms with Gasteiger partial charge in [0.1, 0.15) is 6.61 Å². The van der Waals surface area contributed by atoms with Gasteiger partial charge in [-0.3, -0.25) is 9.59 Å². The lowest BCUT2D eigenvalue weighted by Crippen LogP contribution is -2.57. The molecular weight excluding hydrogens is 308 g/mol. The van der Waals surface area contributed by atoms with Crippen molar-refractivity contribution >= 4 is 11.8 Å². The Morgan fingerprint density at radius 2 is 1.75 bits per heavy atom. The highest BCUT2D eigenvalue weighted by Gasteiger charge is 2.42. The van der Waals surface area contributed by atoms with Gasteiger partial charge >= 0.3 is 0 Å². The summed E-state index contributed by atoms with van der Waals surface area (Å²) in [4.78, 5) is 28.6. The number of hydrogen-bond donors (Lipinski definition) is 0. The highest BCUT2D eigenvalue weighted by Crippen LogP contribution is 2.30. The number of rotatable bonds is 2. The molecule has 4 atom stereocenters. The Kier molecular flexibility index (Phi) is 4.87. The van der Waals surface area contributed by atoms with E-state index in [9.17, 15) is 9.59 Å². The van der Waals surface area contributed by atoms with Crippen LogP contribution in [0.5, 0.6) is 0 Å². The maximum atomic E-state index is 13.1. The van der Waals surface area contributed by atoms with Gasteiger partial charge in [-0.05, 0) is 19.4 Å². The normalized spacial score (nSPS) is 31.2. The molecule has 4 unspecified atom stereocenters. The number of carbonyl (C=O) groups is 2. The Morgan fingerprint density at radius 3 is 2.38 bits per heavy atom. The van der Waals surface area contributed by atoms with E-state index in [0.29, 0.717) is 13.1 Å². The summed E-state index contributed by atoms with van der Waals surface area (Å²) in [5.74, 6) is -0.193. The summed E-state index contributed by atoms with van der Waals surface area (Å²) in [5, 5.41) is 0. The van der Waals surface area contributed by atoms with Crippen LogP contribution in [0.3, 0.4) is 0 Å². The quantitative estimate of drug-likeness (QED) is 0.817. The van der Waals surface area contributed by atoms with E-state index < -0.39 is 12.1 Å². The zero-order valence-corrected chi connectivity index (χ0v) is 14.3. The number of benzene rings is 1. The minimum Gasteiger partial charge on any atom is -0.372 e. The molecule has 2 aliphatic heterocycles. The van der Waals surface area contributed by atoms with Crippen LogP contribution >= 0.6 is 0 Å². The molecule has 2 aliphatic rings. The second-order valence-corrected chi connectivity index (χ2v) is 6.59. The van der Waals surface area contributed by atoms with Crippen molar-refractivity contribution in [2.45, 2.75) is 38.2 Å². The van der Waals surface area contributed by atoms with Crippen LogP contribution in [-0.2, 0) is 19.1 Å². The van der Waals surface area contributed by atoms with Crippen molar-refractivity contribution in [2.75, 3.05) is 26.7 Å². The van der Waals surface area contributed by atoms with Gasteiger partial charge in [-0.1, -0.05) is 30.3 Å². The van der Waals surface area contributed by atoms with E-state index in [4.69, 9.17) is 9.47 Å². The minimum absolute atomic E-state index is 0.00386. The van der Waals surface area contributed by atoms with Gasteiger partial charge in [-0.2, -0.15) is 0 Å². The van der Waals surface area contributed by atoms with E-state index in [-0.39, 0.29) is 30.6 Å². The van der Waals surface area contributed by atoms with E-state index in [1.165, 1.54) is 0 Å². The summed E-state index contributed by atoms with van der Waals surface area (Å²) in [6, 6.07) is 9.16. The van der Waals surface area contributed by atoms with Gasteiger partial charge in [0.15, 0.2) is 6.10 Å². The molecule has 0 aliphatic carbocycles. The van der Waals surface area contributed by atoms with Crippen LogP contribution in [0.25, 0.3) is 0 Å². The molecule has 3 rings (SSSR count). The van der Waals surface area contributed by atoms with E-state index in [1.807, 2.05) is 44.2 Å². The van der Waals surface area contributed by atoms with Crippen LogP contribution < -0.4 is 0 Å². The van der Waals surface area contributed by atoms with Gasteiger partial charge < -0.3 is 19.3 Å². The van der Waals surface area contributed by atoms with Gasteiger partial charge in [0.25, 0.3) is 5.91 Å². The fraction of sp³-hybridized carbons (Fsp3) is 0.556. The van der Waals surface area contributed by atoms with Gasteiger partial charge in [-0.15, -0.1) is 0 Å². The average Bonchev–Trinajstić information content (AvgIpc) is 2.56. The molecule has 0 N–H and O–H groups in total. The van der Waals surface area contributed by atoms with Crippen molar-refractivity contribution < 1.29 is 19.1 Å². The topological polar surface area (TPSA) is 59.1 Å². The molecule has 1 aromatic rings. The molecule has 2 saturated heterocycles. The first-order chi connectivity index (χ1) is 11.5. The van der Waals surface area contributed by atoms with Crippen molar-refractivity contribution in [3.63, 3.8) is 0 Å². The molecule has 0 bridgehead atoms. The number of likely N-dealkylation sites (N-methyl/N-ethyl adjacent to an activating group) is 1. The van der Waals surface area contributed by atoms with Gasteiger partial charge in [0, 0.05) is 20.1 Å². The van der Waals surface area contributed by atoms with Gasteiger partial charge in [-0.25, -0.2) is 0 Å². The summed E-state index contributed by atoms with van der Waals surface area (Å²) in [5.41, 5.74) is 0.903. The van der Waals surface area contributed by atoms with Crippen molar-refractivity contribution in [3.8, 4) is 0 Å². The fourth-order valence-corrected chi connectivity index (χ4v) is 3.50. The first-order valence-electron chi connectivity index (χ1n) is 8.34. The SMILES string of the molecule is CC1CN(C(=O)C2OCC(=O)N(C)C2c2ccccc2)CC(C)O1. The van der Waals surface area contributed by atoms with Crippen molar-refractivity contribution in [1.82, 2.24) is 9.80 Å². The number of carbonyl (C=O) groups excluding carboxylic acids is 2. The molecule has 24 heavy (non-hydrogen) atoms. The van der Waals surface area contributed by atoms with Crippen molar-refractivity contribution in [1.29, 1.82) is 0 Å². The monoisotopic (exact) mass is 332 g/mol. The fourth-order valence-electron chi connectivity index (χ4n) is 3.50. The highest BCUT2D eigenvalue weighted by molar-refractivity contribution is 5.86. The standard InChI is InChI=1S/C18H24N2O4/c1-12-9-20(10-13(2)24-12)18(22)17-16(14-7-5-4-6-8-14)19(3)15(21)11-23-17/h4-8,12-13,16-17H,9-11H2,1-3H3. The maximum Gasteiger partial charge on any atom is 0.254 e. The van der Waals surface area contributed by atoms with Crippen LogP contribution in [0.15, 0.2) is 30.3 Å².